The van der Waals surface area contributed by atoms with Gasteiger partial charge in [-0.3, -0.25) is 0 Å². The van der Waals surface area contributed by atoms with E-state index in [2.05, 4.69) is 71.2 Å². The summed E-state index contributed by atoms with van der Waals surface area (Å²) in [5.74, 6) is 0.390. The topological polar surface area (TPSA) is 45.0 Å². The van der Waals surface area contributed by atoms with Crippen LogP contribution in [0.4, 0.5) is 5.69 Å². The highest BCUT2D eigenvalue weighted by Crippen LogP contribution is 2.53. The van der Waals surface area contributed by atoms with E-state index in [1.165, 1.54) is 14.7 Å². The maximum Gasteiger partial charge on any atom is 0.0991 e. The molecule has 2 aromatic carbocycles. The molecule has 0 spiro atoms. The Bertz CT molecular complexity index is 796. The zero-order valence-electron chi connectivity index (χ0n) is 12.8. The van der Waals surface area contributed by atoms with Gasteiger partial charge in [-0.15, -0.1) is 0 Å². The van der Waals surface area contributed by atoms with Crippen molar-refractivity contribution < 1.29 is 4.74 Å². The van der Waals surface area contributed by atoms with E-state index in [0.717, 1.165) is 18.7 Å². The molecule has 2 aliphatic rings. The van der Waals surface area contributed by atoms with Crippen LogP contribution < -0.4 is 5.32 Å². The van der Waals surface area contributed by atoms with Crippen molar-refractivity contribution in [2.45, 2.75) is 25.0 Å². The SMILES string of the molecule is C[C@@]1(c2ccc(C#N)cc2)Nc2ccc(I)cc2[C@@H]2OCC[C@@H]21. The maximum atomic E-state index is 9.02. The summed E-state index contributed by atoms with van der Waals surface area (Å²) in [5, 5.41) is 12.8. The first-order valence-corrected chi connectivity index (χ1v) is 8.89. The number of halogens is 1. The highest BCUT2D eigenvalue weighted by molar-refractivity contribution is 14.1. The van der Waals surface area contributed by atoms with Gasteiger partial charge in [-0.25, -0.2) is 0 Å². The van der Waals surface area contributed by atoms with Gasteiger partial charge >= 0.3 is 0 Å². The molecule has 0 saturated carbocycles. The number of hydrogen-bond donors (Lipinski definition) is 1. The third-order valence-corrected chi connectivity index (χ3v) is 5.83. The molecule has 2 heterocycles. The van der Waals surface area contributed by atoms with Crippen LogP contribution in [0, 0.1) is 20.8 Å². The van der Waals surface area contributed by atoms with Crippen molar-refractivity contribution in [3.8, 4) is 6.07 Å². The van der Waals surface area contributed by atoms with E-state index in [1.807, 2.05) is 12.1 Å². The number of nitrogens with zero attached hydrogens (tertiary/aromatic N) is 1. The van der Waals surface area contributed by atoms with Crippen LogP contribution in [0.5, 0.6) is 0 Å². The van der Waals surface area contributed by atoms with Gasteiger partial charge in [0.25, 0.3) is 0 Å². The third kappa shape index (κ3) is 2.34. The lowest BCUT2D eigenvalue weighted by atomic mass is 9.71. The Morgan fingerprint density at radius 3 is 2.78 bits per heavy atom. The molecule has 23 heavy (non-hydrogen) atoms. The maximum absolute atomic E-state index is 9.02. The molecule has 1 N–H and O–H groups in total. The molecule has 2 aliphatic heterocycles. The van der Waals surface area contributed by atoms with Crippen LogP contribution in [0.2, 0.25) is 0 Å². The molecule has 0 amide bonds. The summed E-state index contributed by atoms with van der Waals surface area (Å²) in [6.45, 7) is 3.05. The average molecular weight is 416 g/mol. The van der Waals surface area contributed by atoms with Crippen LogP contribution in [0.3, 0.4) is 0 Å². The van der Waals surface area contributed by atoms with Gasteiger partial charge in [-0.05, 0) is 71.8 Å². The molecule has 4 rings (SSSR count). The summed E-state index contributed by atoms with van der Waals surface area (Å²) in [6, 6.07) is 16.6. The summed E-state index contributed by atoms with van der Waals surface area (Å²) in [4.78, 5) is 0. The van der Waals surface area contributed by atoms with Gasteiger partial charge in [-0.1, -0.05) is 12.1 Å². The second-order valence-electron chi connectivity index (χ2n) is 6.43. The van der Waals surface area contributed by atoms with Crippen molar-refractivity contribution >= 4 is 28.3 Å². The molecule has 1 fully saturated rings. The zero-order valence-corrected chi connectivity index (χ0v) is 15.0. The second kappa shape index (κ2) is 5.50. The molecule has 0 unspecified atom stereocenters. The lowest BCUT2D eigenvalue weighted by Crippen LogP contribution is -2.44. The van der Waals surface area contributed by atoms with Crippen LogP contribution in [-0.2, 0) is 10.3 Å². The Labute approximate surface area is 149 Å². The van der Waals surface area contributed by atoms with Crippen LogP contribution in [0.15, 0.2) is 42.5 Å². The minimum absolute atomic E-state index is 0.140. The molecule has 0 bridgehead atoms. The van der Waals surface area contributed by atoms with Gasteiger partial charge in [0.15, 0.2) is 0 Å². The number of anilines is 1. The number of hydrogen-bond acceptors (Lipinski definition) is 3. The van der Waals surface area contributed by atoms with Crippen molar-refractivity contribution in [1.29, 1.82) is 5.26 Å². The van der Waals surface area contributed by atoms with Crippen molar-refractivity contribution in [1.82, 2.24) is 0 Å². The Morgan fingerprint density at radius 2 is 2.04 bits per heavy atom. The smallest absolute Gasteiger partial charge is 0.0991 e. The fourth-order valence-corrected chi connectivity index (χ4v) is 4.44. The minimum atomic E-state index is -0.186. The molecule has 3 nitrogen and oxygen atoms in total. The number of ether oxygens (including phenoxy) is 1. The van der Waals surface area contributed by atoms with Gasteiger partial charge < -0.3 is 10.1 Å². The largest absolute Gasteiger partial charge is 0.375 e. The number of rotatable bonds is 1. The highest BCUT2D eigenvalue weighted by Gasteiger charge is 2.48. The van der Waals surface area contributed by atoms with Crippen LogP contribution >= 0.6 is 22.6 Å². The summed E-state index contributed by atoms with van der Waals surface area (Å²) in [6.07, 6.45) is 1.18. The first-order valence-electron chi connectivity index (χ1n) is 7.82. The van der Waals surface area contributed by atoms with Gasteiger partial charge in [-0.2, -0.15) is 5.26 Å². The summed E-state index contributed by atoms with van der Waals surface area (Å²) < 4.78 is 7.34. The zero-order chi connectivity index (χ0) is 16.0. The van der Waals surface area contributed by atoms with Gasteiger partial charge in [0.2, 0.25) is 0 Å². The third-order valence-electron chi connectivity index (χ3n) is 5.16. The molecule has 0 aromatic heterocycles. The molecule has 3 atom stereocenters. The molecule has 116 valence electrons. The molecule has 4 heteroatoms. The first-order chi connectivity index (χ1) is 11.1. The normalized spacial score (nSPS) is 28.4. The standard InChI is InChI=1S/C19H17IN2O/c1-19(13-4-2-12(11-21)3-5-13)16-8-9-23-18(16)15-10-14(20)6-7-17(15)22-19/h2-7,10,16,18,22H,8-9H2,1H3/t16-,18-,19-/m0/s1. The molecular formula is C19H17IN2O. The lowest BCUT2D eigenvalue weighted by molar-refractivity contribution is 0.0685. The monoisotopic (exact) mass is 416 g/mol. The molecule has 0 radical (unpaired) electrons. The number of fused-ring (bicyclic) bond motifs is 3. The Morgan fingerprint density at radius 1 is 1.26 bits per heavy atom. The Kier molecular flexibility index (Phi) is 3.58. The lowest BCUT2D eigenvalue weighted by Gasteiger charge is -2.45. The summed E-state index contributed by atoms with van der Waals surface area (Å²) >= 11 is 2.35. The molecule has 2 aromatic rings. The van der Waals surface area contributed by atoms with Crippen LogP contribution in [0.25, 0.3) is 0 Å². The van der Waals surface area contributed by atoms with Crippen LogP contribution in [0.1, 0.15) is 36.1 Å². The average Bonchev–Trinajstić information content (AvgIpc) is 3.07. The number of nitriles is 1. The number of benzene rings is 2. The number of nitrogens with one attached hydrogen (secondary N) is 1. The second-order valence-corrected chi connectivity index (χ2v) is 7.68. The van der Waals surface area contributed by atoms with Crippen molar-refractivity contribution in [3.63, 3.8) is 0 Å². The van der Waals surface area contributed by atoms with E-state index in [-0.39, 0.29) is 11.6 Å². The summed E-state index contributed by atoms with van der Waals surface area (Å²) in [5.41, 5.74) is 4.14. The first kappa shape index (κ1) is 15.0. The van der Waals surface area contributed by atoms with Crippen molar-refractivity contribution in [3.05, 3.63) is 62.7 Å². The predicted octanol–water partition coefficient (Wildman–Crippen LogP) is 4.58. The van der Waals surface area contributed by atoms with Gasteiger partial charge in [0, 0.05) is 27.3 Å². The Hall–Kier alpha value is -1.58. The molecule has 0 aliphatic carbocycles. The quantitative estimate of drug-likeness (QED) is 0.693. The predicted molar refractivity (Wildman–Crippen MR) is 98.1 cm³/mol. The molecule has 1 saturated heterocycles. The van der Waals surface area contributed by atoms with E-state index < -0.39 is 0 Å². The van der Waals surface area contributed by atoms with Crippen molar-refractivity contribution in [2.75, 3.05) is 11.9 Å². The Balaban J connectivity index is 1.82. The molecular weight excluding hydrogens is 399 g/mol. The van der Waals surface area contributed by atoms with Gasteiger partial charge in [0.05, 0.1) is 23.3 Å². The summed E-state index contributed by atoms with van der Waals surface area (Å²) in [7, 11) is 0. The highest BCUT2D eigenvalue weighted by atomic mass is 127. The van der Waals surface area contributed by atoms with E-state index in [0.29, 0.717) is 11.5 Å². The van der Waals surface area contributed by atoms with E-state index >= 15 is 0 Å². The van der Waals surface area contributed by atoms with E-state index in [4.69, 9.17) is 10.00 Å². The fourth-order valence-electron chi connectivity index (χ4n) is 3.92. The minimum Gasteiger partial charge on any atom is -0.375 e. The van der Waals surface area contributed by atoms with Crippen LogP contribution in [-0.4, -0.2) is 6.61 Å². The van der Waals surface area contributed by atoms with E-state index in [1.54, 1.807) is 0 Å². The van der Waals surface area contributed by atoms with Crippen molar-refractivity contribution in [2.24, 2.45) is 5.92 Å². The fraction of sp³-hybridized carbons (Fsp3) is 0.316. The van der Waals surface area contributed by atoms with E-state index in [9.17, 15) is 0 Å². The van der Waals surface area contributed by atoms with Gasteiger partial charge in [0.1, 0.15) is 0 Å².